The second-order valence-corrected chi connectivity index (χ2v) is 7.74. The maximum atomic E-state index is 13.1. The van der Waals surface area contributed by atoms with Crippen LogP contribution in [0.2, 0.25) is 0 Å². The van der Waals surface area contributed by atoms with E-state index in [9.17, 15) is 14.4 Å². The number of rotatable bonds is 3. The first-order valence-corrected chi connectivity index (χ1v) is 9.88. The zero-order chi connectivity index (χ0) is 20.5. The number of H-pyrrole nitrogens is 1. The summed E-state index contributed by atoms with van der Waals surface area (Å²) >= 11 is 0. The summed E-state index contributed by atoms with van der Waals surface area (Å²) in [4.78, 5) is 46.3. The number of aromatic nitrogens is 3. The number of pyridine rings is 1. The standard InChI is InChI=1S/C22H24N4O3/c1-14-15(2)23-13-26(21(14)28)12-16-7-9-25(10-8-16)22(29)18-11-20(27)24-19-6-4-3-5-17(18)19/h3-6,11,13,16H,7-10,12H2,1-2H3,(H,24,27). The summed E-state index contributed by atoms with van der Waals surface area (Å²) in [5, 5.41) is 0.756. The third-order valence-corrected chi connectivity index (χ3v) is 5.85. The van der Waals surface area contributed by atoms with Gasteiger partial charge >= 0.3 is 0 Å². The number of amides is 1. The molecule has 0 unspecified atom stereocenters. The van der Waals surface area contributed by atoms with Crippen molar-refractivity contribution in [2.75, 3.05) is 13.1 Å². The molecule has 1 aromatic carbocycles. The van der Waals surface area contributed by atoms with E-state index < -0.39 is 0 Å². The number of aryl methyl sites for hydroxylation is 1. The van der Waals surface area contributed by atoms with E-state index in [0.29, 0.717) is 42.2 Å². The third kappa shape index (κ3) is 3.72. The summed E-state index contributed by atoms with van der Waals surface area (Å²) in [7, 11) is 0. The molecule has 4 rings (SSSR count). The number of nitrogens with zero attached hydrogens (tertiary/aromatic N) is 3. The van der Waals surface area contributed by atoms with Crippen molar-refractivity contribution in [2.45, 2.75) is 33.2 Å². The Morgan fingerprint density at radius 1 is 1.17 bits per heavy atom. The molecule has 0 bridgehead atoms. The van der Waals surface area contributed by atoms with E-state index in [2.05, 4.69) is 9.97 Å². The normalized spacial score (nSPS) is 15.0. The first-order valence-electron chi connectivity index (χ1n) is 9.88. The SMILES string of the molecule is Cc1ncn(CC2CCN(C(=O)c3cc(=O)[nH]c4ccccc34)CC2)c(=O)c1C. The maximum Gasteiger partial charge on any atom is 0.256 e. The van der Waals surface area contributed by atoms with Gasteiger partial charge in [-0.2, -0.15) is 0 Å². The highest BCUT2D eigenvalue weighted by Gasteiger charge is 2.25. The Balaban J connectivity index is 1.48. The van der Waals surface area contributed by atoms with Crippen LogP contribution in [0.4, 0.5) is 0 Å². The molecule has 150 valence electrons. The van der Waals surface area contributed by atoms with E-state index in [0.717, 1.165) is 23.9 Å². The van der Waals surface area contributed by atoms with Crippen molar-refractivity contribution in [3.05, 3.63) is 74.2 Å². The molecule has 7 heteroatoms. The van der Waals surface area contributed by atoms with E-state index in [4.69, 9.17) is 0 Å². The third-order valence-electron chi connectivity index (χ3n) is 5.85. The van der Waals surface area contributed by atoms with Gasteiger partial charge in [-0.15, -0.1) is 0 Å². The largest absolute Gasteiger partial charge is 0.339 e. The minimum atomic E-state index is -0.274. The van der Waals surface area contributed by atoms with E-state index in [1.54, 1.807) is 28.8 Å². The van der Waals surface area contributed by atoms with Crippen LogP contribution in [0.5, 0.6) is 0 Å². The van der Waals surface area contributed by atoms with Gasteiger partial charge in [0.25, 0.3) is 11.5 Å². The highest BCUT2D eigenvalue weighted by molar-refractivity contribution is 6.05. The Labute approximate surface area is 168 Å². The topological polar surface area (TPSA) is 88.1 Å². The lowest BCUT2D eigenvalue weighted by molar-refractivity contribution is 0.0684. The first-order chi connectivity index (χ1) is 13.9. The molecule has 0 aliphatic carbocycles. The summed E-state index contributed by atoms with van der Waals surface area (Å²) < 4.78 is 1.68. The summed E-state index contributed by atoms with van der Waals surface area (Å²) in [6, 6.07) is 8.73. The summed E-state index contributed by atoms with van der Waals surface area (Å²) in [6.07, 6.45) is 3.24. The van der Waals surface area contributed by atoms with Gasteiger partial charge in [0, 0.05) is 47.9 Å². The minimum absolute atomic E-state index is 0.00554. The highest BCUT2D eigenvalue weighted by atomic mass is 16.2. The molecule has 0 saturated carbocycles. The number of benzene rings is 1. The predicted molar refractivity (Wildman–Crippen MR) is 111 cm³/mol. The fraction of sp³-hybridized carbons (Fsp3) is 0.364. The van der Waals surface area contributed by atoms with E-state index in [1.807, 2.05) is 25.1 Å². The first kappa shape index (κ1) is 19.1. The van der Waals surface area contributed by atoms with Crippen LogP contribution in [-0.4, -0.2) is 38.4 Å². The number of carbonyl (C=O) groups excluding carboxylic acids is 1. The molecule has 2 aromatic heterocycles. The Bertz CT molecular complexity index is 1190. The molecule has 3 heterocycles. The highest BCUT2D eigenvalue weighted by Crippen LogP contribution is 2.22. The Morgan fingerprint density at radius 2 is 1.90 bits per heavy atom. The molecule has 1 saturated heterocycles. The average molecular weight is 392 g/mol. The lowest BCUT2D eigenvalue weighted by atomic mass is 9.95. The van der Waals surface area contributed by atoms with Gasteiger partial charge in [0.05, 0.1) is 11.9 Å². The van der Waals surface area contributed by atoms with Crippen LogP contribution < -0.4 is 11.1 Å². The zero-order valence-electron chi connectivity index (χ0n) is 16.6. The van der Waals surface area contributed by atoms with Crippen LogP contribution >= 0.6 is 0 Å². The monoisotopic (exact) mass is 392 g/mol. The fourth-order valence-corrected chi connectivity index (χ4v) is 3.95. The number of hydrogen-bond donors (Lipinski definition) is 1. The molecule has 3 aromatic rings. The molecule has 1 fully saturated rings. The molecule has 1 aliphatic rings. The number of carbonyl (C=O) groups is 1. The summed E-state index contributed by atoms with van der Waals surface area (Å²) in [5.41, 5.74) is 2.28. The Hall–Kier alpha value is -3.22. The van der Waals surface area contributed by atoms with Gasteiger partial charge in [-0.1, -0.05) is 18.2 Å². The van der Waals surface area contributed by atoms with Crippen molar-refractivity contribution in [1.82, 2.24) is 19.4 Å². The molecule has 1 N–H and O–H groups in total. The van der Waals surface area contributed by atoms with Crippen LogP contribution in [0.25, 0.3) is 10.9 Å². The smallest absolute Gasteiger partial charge is 0.256 e. The van der Waals surface area contributed by atoms with Gasteiger partial charge in [0.2, 0.25) is 5.56 Å². The molecule has 1 aliphatic heterocycles. The summed E-state index contributed by atoms with van der Waals surface area (Å²) in [5.74, 6) is 0.201. The predicted octanol–water partition coefficient (Wildman–Crippen LogP) is 2.25. The van der Waals surface area contributed by atoms with E-state index >= 15 is 0 Å². The molecule has 0 spiro atoms. The molecular weight excluding hydrogens is 368 g/mol. The van der Waals surface area contributed by atoms with Gasteiger partial charge in [-0.25, -0.2) is 4.98 Å². The number of piperidine rings is 1. The number of para-hydroxylation sites is 1. The van der Waals surface area contributed by atoms with Crippen LogP contribution in [0, 0.1) is 19.8 Å². The van der Waals surface area contributed by atoms with Crippen LogP contribution in [-0.2, 0) is 6.54 Å². The van der Waals surface area contributed by atoms with Crippen molar-refractivity contribution >= 4 is 16.8 Å². The van der Waals surface area contributed by atoms with Crippen molar-refractivity contribution in [2.24, 2.45) is 5.92 Å². The van der Waals surface area contributed by atoms with Crippen LogP contribution in [0.3, 0.4) is 0 Å². The van der Waals surface area contributed by atoms with Crippen LogP contribution in [0.15, 0.2) is 46.2 Å². The lowest BCUT2D eigenvalue weighted by Gasteiger charge is -2.32. The van der Waals surface area contributed by atoms with E-state index in [1.165, 1.54) is 6.07 Å². The second-order valence-electron chi connectivity index (χ2n) is 7.74. The van der Waals surface area contributed by atoms with E-state index in [-0.39, 0.29) is 17.0 Å². The molecule has 29 heavy (non-hydrogen) atoms. The number of aromatic amines is 1. The van der Waals surface area contributed by atoms with Gasteiger partial charge < -0.3 is 9.88 Å². The Kier molecular flexibility index (Phi) is 5.05. The van der Waals surface area contributed by atoms with Gasteiger partial charge in [0.1, 0.15) is 0 Å². The fourth-order valence-electron chi connectivity index (χ4n) is 3.95. The minimum Gasteiger partial charge on any atom is -0.339 e. The van der Waals surface area contributed by atoms with Crippen molar-refractivity contribution in [3.63, 3.8) is 0 Å². The zero-order valence-corrected chi connectivity index (χ0v) is 16.6. The number of hydrogen-bond acceptors (Lipinski definition) is 4. The molecule has 7 nitrogen and oxygen atoms in total. The second kappa shape index (κ2) is 7.66. The average Bonchev–Trinajstić information content (AvgIpc) is 2.73. The van der Waals surface area contributed by atoms with Gasteiger partial charge in [0.15, 0.2) is 0 Å². The van der Waals surface area contributed by atoms with Gasteiger partial charge in [-0.3, -0.25) is 19.0 Å². The van der Waals surface area contributed by atoms with Gasteiger partial charge in [-0.05, 0) is 38.7 Å². The van der Waals surface area contributed by atoms with Crippen molar-refractivity contribution in [1.29, 1.82) is 0 Å². The molecule has 0 atom stereocenters. The number of fused-ring (bicyclic) bond motifs is 1. The maximum absolute atomic E-state index is 13.1. The number of nitrogens with one attached hydrogen (secondary N) is 1. The Morgan fingerprint density at radius 3 is 2.66 bits per heavy atom. The van der Waals surface area contributed by atoms with Crippen LogP contribution in [0.1, 0.15) is 34.5 Å². The molecule has 0 radical (unpaired) electrons. The molecule has 1 amide bonds. The van der Waals surface area contributed by atoms with Crippen molar-refractivity contribution in [3.8, 4) is 0 Å². The summed E-state index contributed by atoms with van der Waals surface area (Å²) in [6.45, 7) is 5.47. The van der Waals surface area contributed by atoms with Crippen molar-refractivity contribution < 1.29 is 4.79 Å². The number of likely N-dealkylation sites (tertiary alicyclic amines) is 1. The lowest BCUT2D eigenvalue weighted by Crippen LogP contribution is -2.40. The quantitative estimate of drug-likeness (QED) is 0.741. The molecular formula is C22H24N4O3.